The maximum Gasteiger partial charge on any atom is 0.416 e. The Morgan fingerprint density at radius 1 is 1.11 bits per heavy atom. The number of pyridine rings is 1. The monoisotopic (exact) mass is 522 g/mol. The molecule has 13 heteroatoms. The number of carbonyl (C=O) groups excluding carboxylic acids is 1. The van der Waals surface area contributed by atoms with Crippen LogP contribution >= 0.6 is 0 Å². The fourth-order valence-electron chi connectivity index (χ4n) is 3.44. The molecule has 3 aromatic rings. The number of nitrogens with two attached hydrogens (primary N) is 1. The van der Waals surface area contributed by atoms with Crippen molar-refractivity contribution in [1.29, 1.82) is 0 Å². The second-order valence-electron chi connectivity index (χ2n) is 7.83. The Kier molecular flexibility index (Phi) is 7.25. The Morgan fingerprint density at radius 3 is 2.31 bits per heavy atom. The van der Waals surface area contributed by atoms with Crippen LogP contribution in [0.5, 0.6) is 0 Å². The predicted molar refractivity (Wildman–Crippen MR) is 125 cm³/mol. The lowest BCUT2D eigenvalue weighted by molar-refractivity contribution is -0.137. The summed E-state index contributed by atoms with van der Waals surface area (Å²) in [5.41, 5.74) is 3.65. The number of benzene rings is 2. The van der Waals surface area contributed by atoms with Crippen molar-refractivity contribution in [2.75, 3.05) is 6.26 Å². The van der Waals surface area contributed by atoms with Crippen molar-refractivity contribution in [2.24, 2.45) is 10.9 Å². The van der Waals surface area contributed by atoms with E-state index in [4.69, 9.17) is 10.9 Å². The van der Waals surface area contributed by atoms with E-state index >= 15 is 0 Å². The largest absolute Gasteiger partial charge is 0.416 e. The van der Waals surface area contributed by atoms with Crippen molar-refractivity contribution in [2.45, 2.75) is 24.5 Å². The molecule has 0 radical (unpaired) electrons. The number of aromatic nitrogens is 1. The molecule has 9 nitrogen and oxygen atoms in total. The van der Waals surface area contributed by atoms with E-state index in [1.165, 1.54) is 37.3 Å². The molecule has 0 aliphatic carbocycles. The second kappa shape index (κ2) is 9.85. The van der Waals surface area contributed by atoms with Crippen LogP contribution in [0.15, 0.2) is 69.4 Å². The van der Waals surface area contributed by atoms with Crippen LogP contribution in [0.2, 0.25) is 0 Å². The van der Waals surface area contributed by atoms with Gasteiger partial charge in [-0.15, -0.1) is 0 Å². The first-order valence-electron chi connectivity index (χ1n) is 10.2. The SMILES string of the molecule is Cc1c(/C(N)=N/O)cc(C(=O)NCc2ccc(S(C)(=O)=O)cc2)c(=O)n1-c1cccc(C(F)(F)F)c1. The summed E-state index contributed by atoms with van der Waals surface area (Å²) in [4.78, 5) is 26.2. The van der Waals surface area contributed by atoms with Crippen LogP contribution in [-0.4, -0.2) is 36.2 Å². The number of oxime groups is 1. The van der Waals surface area contributed by atoms with Crippen molar-refractivity contribution in [1.82, 2.24) is 9.88 Å². The average molecular weight is 523 g/mol. The van der Waals surface area contributed by atoms with Crippen molar-refractivity contribution in [3.8, 4) is 5.69 Å². The van der Waals surface area contributed by atoms with Gasteiger partial charge < -0.3 is 16.3 Å². The maximum atomic E-state index is 13.2. The van der Waals surface area contributed by atoms with Crippen molar-refractivity contribution in [3.63, 3.8) is 0 Å². The van der Waals surface area contributed by atoms with Crippen molar-refractivity contribution < 1.29 is 31.6 Å². The Balaban J connectivity index is 2.05. The number of sulfone groups is 1. The molecule has 36 heavy (non-hydrogen) atoms. The first-order chi connectivity index (χ1) is 16.7. The zero-order valence-electron chi connectivity index (χ0n) is 19.0. The third kappa shape index (κ3) is 5.57. The molecule has 0 unspecified atom stereocenters. The summed E-state index contributed by atoms with van der Waals surface area (Å²) in [5.74, 6) is -1.33. The Morgan fingerprint density at radius 2 is 1.75 bits per heavy atom. The highest BCUT2D eigenvalue weighted by Gasteiger charge is 2.31. The molecular weight excluding hydrogens is 501 g/mol. The number of halogens is 3. The fourth-order valence-corrected chi connectivity index (χ4v) is 4.07. The van der Waals surface area contributed by atoms with Crippen LogP contribution in [-0.2, 0) is 22.6 Å². The van der Waals surface area contributed by atoms with Crippen LogP contribution in [0.3, 0.4) is 0 Å². The normalized spacial score (nSPS) is 12.4. The molecular formula is C23H21F3N4O5S. The zero-order chi connectivity index (χ0) is 26.8. The Bertz CT molecular complexity index is 1510. The van der Waals surface area contributed by atoms with E-state index in [1.54, 1.807) is 0 Å². The van der Waals surface area contributed by atoms with Crippen LogP contribution in [0, 0.1) is 6.92 Å². The van der Waals surface area contributed by atoms with E-state index in [1.807, 2.05) is 0 Å². The van der Waals surface area contributed by atoms with Gasteiger partial charge in [0.05, 0.1) is 10.5 Å². The molecule has 2 aromatic carbocycles. The van der Waals surface area contributed by atoms with Gasteiger partial charge in [-0.2, -0.15) is 13.2 Å². The van der Waals surface area contributed by atoms with Crippen molar-refractivity contribution >= 4 is 21.6 Å². The van der Waals surface area contributed by atoms with E-state index in [0.29, 0.717) is 5.56 Å². The molecule has 0 spiro atoms. The Hall–Kier alpha value is -4.13. The highest BCUT2D eigenvalue weighted by Crippen LogP contribution is 2.30. The number of nitrogens with one attached hydrogen (secondary N) is 1. The van der Waals surface area contributed by atoms with Gasteiger partial charge in [-0.1, -0.05) is 23.4 Å². The lowest BCUT2D eigenvalue weighted by Crippen LogP contribution is -2.35. The summed E-state index contributed by atoms with van der Waals surface area (Å²) in [7, 11) is -3.41. The average Bonchev–Trinajstić information content (AvgIpc) is 2.81. The molecule has 1 aromatic heterocycles. The summed E-state index contributed by atoms with van der Waals surface area (Å²) in [5, 5.41) is 14.5. The number of hydrogen-bond donors (Lipinski definition) is 3. The standard InChI is InChI=1S/C23H21F3N4O5S/c1-13-18(20(27)29-33)11-19(21(31)28-12-14-6-8-17(9-7-14)36(2,34)35)22(32)30(13)16-5-3-4-15(10-16)23(24,25)26/h3-11,33H,12H2,1-2H3,(H2,27,29)(H,28,31). The molecule has 0 aliphatic rings. The first-order valence-corrected chi connectivity index (χ1v) is 12.1. The molecule has 190 valence electrons. The second-order valence-corrected chi connectivity index (χ2v) is 9.85. The van der Waals surface area contributed by atoms with E-state index in [-0.39, 0.29) is 28.4 Å². The molecule has 0 saturated carbocycles. The Labute approximate surface area is 203 Å². The van der Waals surface area contributed by atoms with Gasteiger partial charge in [-0.3, -0.25) is 14.2 Å². The summed E-state index contributed by atoms with van der Waals surface area (Å²) in [6.07, 6.45) is -3.63. The number of amidine groups is 1. The lowest BCUT2D eigenvalue weighted by atomic mass is 10.1. The highest BCUT2D eigenvalue weighted by atomic mass is 32.2. The molecule has 0 atom stereocenters. The molecule has 1 amide bonds. The topological polar surface area (TPSA) is 144 Å². The maximum absolute atomic E-state index is 13.2. The molecule has 0 aliphatic heterocycles. The number of hydrogen-bond acceptors (Lipinski definition) is 6. The minimum absolute atomic E-state index is 0.0440. The number of carbonyl (C=O) groups is 1. The molecule has 0 saturated heterocycles. The third-order valence-electron chi connectivity index (χ3n) is 5.31. The molecule has 1 heterocycles. The highest BCUT2D eigenvalue weighted by molar-refractivity contribution is 7.90. The smallest absolute Gasteiger partial charge is 0.409 e. The van der Waals surface area contributed by atoms with Crippen molar-refractivity contribution in [3.05, 3.63) is 92.9 Å². The minimum atomic E-state index is -4.68. The number of rotatable bonds is 6. The van der Waals surface area contributed by atoms with Gasteiger partial charge in [0, 0.05) is 29.7 Å². The van der Waals surface area contributed by atoms with Gasteiger partial charge in [0.25, 0.3) is 11.5 Å². The fraction of sp³-hybridized carbons (Fsp3) is 0.174. The van der Waals surface area contributed by atoms with E-state index in [2.05, 4.69) is 10.5 Å². The van der Waals surface area contributed by atoms with Crippen LogP contribution in [0.1, 0.15) is 32.7 Å². The van der Waals surface area contributed by atoms with Gasteiger partial charge in [0.2, 0.25) is 0 Å². The quantitative estimate of drug-likeness (QED) is 0.197. The van der Waals surface area contributed by atoms with E-state index in [0.717, 1.165) is 35.1 Å². The molecule has 0 fully saturated rings. The predicted octanol–water partition coefficient (Wildman–Crippen LogP) is 2.59. The number of amides is 1. The summed E-state index contributed by atoms with van der Waals surface area (Å²) >= 11 is 0. The minimum Gasteiger partial charge on any atom is -0.409 e. The third-order valence-corrected chi connectivity index (χ3v) is 6.44. The molecule has 3 rings (SSSR count). The van der Waals surface area contributed by atoms with Gasteiger partial charge in [0.1, 0.15) is 5.56 Å². The summed E-state index contributed by atoms with van der Waals surface area (Å²) < 4.78 is 63.8. The van der Waals surface area contributed by atoms with Crippen LogP contribution in [0.4, 0.5) is 13.2 Å². The van der Waals surface area contributed by atoms with Gasteiger partial charge in [-0.05, 0) is 48.9 Å². The van der Waals surface area contributed by atoms with Gasteiger partial charge >= 0.3 is 6.18 Å². The summed E-state index contributed by atoms with van der Waals surface area (Å²) in [6, 6.07) is 10.7. The lowest BCUT2D eigenvalue weighted by Gasteiger charge is -2.17. The van der Waals surface area contributed by atoms with E-state index in [9.17, 15) is 31.2 Å². The molecule has 0 bridgehead atoms. The van der Waals surface area contributed by atoms with Crippen LogP contribution < -0.4 is 16.6 Å². The van der Waals surface area contributed by atoms with Gasteiger partial charge in [0.15, 0.2) is 15.7 Å². The van der Waals surface area contributed by atoms with Gasteiger partial charge in [-0.25, -0.2) is 8.42 Å². The number of alkyl halides is 3. The zero-order valence-corrected chi connectivity index (χ0v) is 19.8. The summed E-state index contributed by atoms with van der Waals surface area (Å²) in [6.45, 7) is 1.29. The number of nitrogens with zero attached hydrogens (tertiary/aromatic N) is 2. The molecule has 4 N–H and O–H groups in total. The first kappa shape index (κ1) is 26.5. The van der Waals surface area contributed by atoms with Crippen LogP contribution in [0.25, 0.3) is 5.69 Å². The van der Waals surface area contributed by atoms with E-state index < -0.39 is 44.4 Å².